The summed E-state index contributed by atoms with van der Waals surface area (Å²) in [7, 11) is 0. The van der Waals surface area contributed by atoms with Crippen LogP contribution in [0.25, 0.3) is 10.2 Å². The highest BCUT2D eigenvalue weighted by molar-refractivity contribution is 7.18. The predicted octanol–water partition coefficient (Wildman–Crippen LogP) is 1.49. The summed E-state index contributed by atoms with van der Waals surface area (Å²) in [5, 5.41) is 9.40. The number of thiophene rings is 1. The summed E-state index contributed by atoms with van der Waals surface area (Å²) in [5.74, 6) is -0.752. The fourth-order valence-electron chi connectivity index (χ4n) is 2.44. The highest BCUT2D eigenvalue weighted by Gasteiger charge is 2.20. The second kappa shape index (κ2) is 4.20. The maximum atomic E-state index is 12.0. The molecule has 18 heavy (non-hydrogen) atoms. The van der Waals surface area contributed by atoms with Crippen LogP contribution in [0.15, 0.2) is 4.79 Å². The zero-order chi connectivity index (χ0) is 12.7. The topological polar surface area (TPSA) is 83.0 Å². The Morgan fingerprint density at radius 1 is 1.39 bits per heavy atom. The van der Waals surface area contributed by atoms with Crippen LogP contribution in [0, 0.1) is 0 Å². The molecule has 6 heteroatoms. The molecule has 0 saturated carbocycles. The predicted molar refractivity (Wildman–Crippen MR) is 68.2 cm³/mol. The Kier molecular flexibility index (Phi) is 2.66. The zero-order valence-corrected chi connectivity index (χ0v) is 10.5. The van der Waals surface area contributed by atoms with Crippen molar-refractivity contribution in [3.63, 3.8) is 0 Å². The van der Waals surface area contributed by atoms with E-state index in [4.69, 9.17) is 5.11 Å². The number of hydrogen-bond acceptors (Lipinski definition) is 4. The zero-order valence-electron chi connectivity index (χ0n) is 9.65. The lowest BCUT2D eigenvalue weighted by molar-refractivity contribution is -0.136. The van der Waals surface area contributed by atoms with E-state index in [-0.39, 0.29) is 17.8 Å². The molecule has 0 fully saturated rings. The second-order valence-electron chi connectivity index (χ2n) is 4.47. The first-order valence-electron chi connectivity index (χ1n) is 5.90. The average molecular weight is 264 g/mol. The van der Waals surface area contributed by atoms with Gasteiger partial charge in [-0.05, 0) is 31.2 Å². The molecule has 0 saturated heterocycles. The van der Waals surface area contributed by atoms with E-state index >= 15 is 0 Å². The Balaban J connectivity index is 2.20. The summed E-state index contributed by atoms with van der Waals surface area (Å²) in [5.41, 5.74) is 0.924. The highest BCUT2D eigenvalue weighted by Crippen LogP contribution is 2.33. The summed E-state index contributed by atoms with van der Waals surface area (Å²) in [6.45, 7) is 0. The minimum absolute atomic E-state index is 0.198. The summed E-state index contributed by atoms with van der Waals surface area (Å²) in [6.07, 6.45) is 3.95. The van der Waals surface area contributed by atoms with Crippen LogP contribution in [-0.4, -0.2) is 21.0 Å². The third-order valence-corrected chi connectivity index (χ3v) is 4.38. The molecule has 94 valence electrons. The number of fused-ring (bicyclic) bond motifs is 3. The molecule has 2 heterocycles. The van der Waals surface area contributed by atoms with Crippen LogP contribution in [0.5, 0.6) is 0 Å². The molecule has 0 atom stereocenters. The number of hydrogen-bond donors (Lipinski definition) is 2. The minimum Gasteiger partial charge on any atom is -0.481 e. The van der Waals surface area contributed by atoms with Gasteiger partial charge < -0.3 is 10.1 Å². The molecule has 0 radical (unpaired) electrons. The van der Waals surface area contributed by atoms with Gasteiger partial charge >= 0.3 is 5.97 Å². The van der Waals surface area contributed by atoms with E-state index in [1.165, 1.54) is 16.2 Å². The van der Waals surface area contributed by atoms with Gasteiger partial charge in [0.15, 0.2) is 0 Å². The summed E-state index contributed by atoms with van der Waals surface area (Å²) < 4.78 is 0. The number of carboxylic acids is 1. The monoisotopic (exact) mass is 264 g/mol. The van der Waals surface area contributed by atoms with Gasteiger partial charge in [-0.15, -0.1) is 11.3 Å². The summed E-state index contributed by atoms with van der Waals surface area (Å²) >= 11 is 1.53. The molecule has 0 spiro atoms. The number of aromatic amines is 1. The first-order chi connectivity index (χ1) is 8.65. The maximum Gasteiger partial charge on any atom is 0.311 e. The molecule has 1 aliphatic carbocycles. The van der Waals surface area contributed by atoms with E-state index in [2.05, 4.69) is 9.97 Å². The lowest BCUT2D eigenvalue weighted by atomic mass is 9.97. The van der Waals surface area contributed by atoms with E-state index in [1.54, 1.807) is 0 Å². The van der Waals surface area contributed by atoms with Crippen LogP contribution in [-0.2, 0) is 24.1 Å². The lowest BCUT2D eigenvalue weighted by Gasteiger charge is -2.09. The highest BCUT2D eigenvalue weighted by atomic mass is 32.1. The molecule has 0 amide bonds. The summed E-state index contributed by atoms with van der Waals surface area (Å²) in [4.78, 5) is 31.4. The van der Waals surface area contributed by atoms with Crippen LogP contribution < -0.4 is 5.56 Å². The van der Waals surface area contributed by atoms with Crippen molar-refractivity contribution in [2.75, 3.05) is 0 Å². The molecule has 0 aromatic carbocycles. The van der Waals surface area contributed by atoms with Crippen molar-refractivity contribution < 1.29 is 9.90 Å². The Labute approximate surface area is 106 Å². The van der Waals surface area contributed by atoms with Crippen molar-refractivity contribution in [1.82, 2.24) is 9.97 Å². The fraction of sp³-hybridized carbons (Fsp3) is 0.417. The molecule has 0 aliphatic heterocycles. The number of aryl methyl sites for hydroxylation is 2. The van der Waals surface area contributed by atoms with Crippen LogP contribution >= 0.6 is 11.3 Å². The second-order valence-corrected chi connectivity index (χ2v) is 5.56. The van der Waals surface area contributed by atoms with Crippen LogP contribution in [0.4, 0.5) is 0 Å². The van der Waals surface area contributed by atoms with Crippen LogP contribution in [0.1, 0.15) is 29.1 Å². The molecule has 2 N–H and O–H groups in total. The molecule has 5 nitrogen and oxygen atoms in total. The minimum atomic E-state index is -0.987. The molecule has 1 aliphatic rings. The largest absolute Gasteiger partial charge is 0.481 e. The third-order valence-electron chi connectivity index (χ3n) is 3.19. The Hall–Kier alpha value is -1.69. The molecule has 2 aromatic rings. The number of H-pyrrole nitrogens is 1. The normalized spacial score (nSPS) is 14.7. The molecule has 0 bridgehead atoms. The number of carboxylic acid groups (broad SMARTS) is 1. The molecule has 0 unspecified atom stereocenters. The number of nitrogens with zero attached hydrogens (tertiary/aromatic N) is 1. The van der Waals surface area contributed by atoms with Crippen molar-refractivity contribution in [1.29, 1.82) is 0 Å². The molecule has 3 rings (SSSR count). The van der Waals surface area contributed by atoms with E-state index in [9.17, 15) is 9.59 Å². The lowest BCUT2D eigenvalue weighted by Crippen LogP contribution is -2.15. The fourth-order valence-corrected chi connectivity index (χ4v) is 3.72. The van der Waals surface area contributed by atoms with Crippen molar-refractivity contribution in [3.8, 4) is 0 Å². The van der Waals surface area contributed by atoms with E-state index in [1.807, 2.05) is 0 Å². The standard InChI is InChI=1S/C12H12N2O3S/c15-9(16)5-8-13-11(17)10-6-3-1-2-4-7(6)18-12(10)14-8/h1-5H2,(H,15,16)(H,13,14,17). The SMILES string of the molecule is O=C(O)Cc1nc2sc3c(c2c(=O)[nH]1)CCCC3. The van der Waals surface area contributed by atoms with Crippen LogP contribution in [0.3, 0.4) is 0 Å². The van der Waals surface area contributed by atoms with Gasteiger partial charge in [0.1, 0.15) is 17.1 Å². The maximum absolute atomic E-state index is 12.0. The van der Waals surface area contributed by atoms with Crippen molar-refractivity contribution in [2.45, 2.75) is 32.1 Å². The van der Waals surface area contributed by atoms with E-state index < -0.39 is 5.97 Å². The number of aromatic nitrogens is 2. The molecular formula is C12H12N2O3S. The molecular weight excluding hydrogens is 252 g/mol. The third kappa shape index (κ3) is 1.82. The number of carbonyl (C=O) groups is 1. The smallest absolute Gasteiger partial charge is 0.311 e. The van der Waals surface area contributed by atoms with Gasteiger partial charge in [-0.3, -0.25) is 9.59 Å². The van der Waals surface area contributed by atoms with E-state index in [0.717, 1.165) is 31.2 Å². The first-order valence-corrected chi connectivity index (χ1v) is 6.72. The quantitative estimate of drug-likeness (QED) is 0.860. The van der Waals surface area contributed by atoms with Crippen molar-refractivity contribution in [3.05, 3.63) is 26.6 Å². The Bertz CT molecular complexity index is 686. The van der Waals surface area contributed by atoms with Gasteiger partial charge in [0.25, 0.3) is 5.56 Å². The van der Waals surface area contributed by atoms with Gasteiger partial charge in [0, 0.05) is 4.88 Å². The van der Waals surface area contributed by atoms with Gasteiger partial charge in [-0.2, -0.15) is 0 Å². The van der Waals surface area contributed by atoms with Crippen LogP contribution in [0.2, 0.25) is 0 Å². The van der Waals surface area contributed by atoms with Gasteiger partial charge in [-0.25, -0.2) is 4.98 Å². The van der Waals surface area contributed by atoms with Gasteiger partial charge in [-0.1, -0.05) is 0 Å². The molecule has 2 aromatic heterocycles. The number of aliphatic carboxylic acids is 1. The average Bonchev–Trinajstić information content (AvgIpc) is 2.66. The van der Waals surface area contributed by atoms with Gasteiger partial charge in [0.05, 0.1) is 5.39 Å². The first kappa shape index (κ1) is 11.4. The Morgan fingerprint density at radius 2 is 2.17 bits per heavy atom. The van der Waals surface area contributed by atoms with Crippen molar-refractivity contribution in [2.24, 2.45) is 0 Å². The number of rotatable bonds is 2. The Morgan fingerprint density at radius 3 is 2.94 bits per heavy atom. The summed E-state index contributed by atoms with van der Waals surface area (Å²) in [6, 6.07) is 0. The van der Waals surface area contributed by atoms with Gasteiger partial charge in [0.2, 0.25) is 0 Å². The van der Waals surface area contributed by atoms with E-state index in [0.29, 0.717) is 10.2 Å². The number of nitrogens with one attached hydrogen (secondary N) is 1. The van der Waals surface area contributed by atoms with Crippen molar-refractivity contribution >= 4 is 27.5 Å².